The smallest absolute Gasteiger partial charge is 0.244 e. The van der Waals surface area contributed by atoms with Crippen LogP contribution in [-0.4, -0.2) is 46.4 Å². The number of hydrogen-bond acceptors (Lipinski definition) is 5. The molecule has 1 aliphatic rings. The van der Waals surface area contributed by atoms with E-state index in [0.29, 0.717) is 23.6 Å². The van der Waals surface area contributed by atoms with Gasteiger partial charge in [-0.05, 0) is 49.2 Å². The number of carbonyl (C=O) groups excluding carboxylic acids is 1. The summed E-state index contributed by atoms with van der Waals surface area (Å²) >= 11 is 5.83. The summed E-state index contributed by atoms with van der Waals surface area (Å²) in [4.78, 5) is 12.0. The van der Waals surface area contributed by atoms with Crippen molar-refractivity contribution >= 4 is 43.1 Å². The van der Waals surface area contributed by atoms with E-state index in [1.54, 1.807) is 24.3 Å². The molecule has 29 heavy (non-hydrogen) atoms. The number of hydrogen-bond donors (Lipinski definition) is 1. The normalized spacial score (nSPS) is 16.5. The lowest BCUT2D eigenvalue weighted by Gasteiger charge is -2.31. The summed E-state index contributed by atoms with van der Waals surface area (Å²) in [5, 5.41) is 3.37. The average Bonchev–Trinajstić information content (AvgIpc) is 2.69. The zero-order valence-electron chi connectivity index (χ0n) is 15.7. The van der Waals surface area contributed by atoms with Crippen LogP contribution in [0.4, 0.5) is 5.69 Å². The number of nitrogens with zero attached hydrogens (tertiary/aromatic N) is 1. The molecule has 0 aliphatic carbocycles. The van der Waals surface area contributed by atoms with Crippen molar-refractivity contribution in [1.82, 2.24) is 4.31 Å². The highest BCUT2D eigenvalue weighted by Crippen LogP contribution is 2.28. The standard InChI is InChI=1S/C19H21ClN2O5S2/c1-28(24,25)17-4-2-3-5-18(17)29(26,27)22-12-10-14(11-13-22)19(23)21-16-8-6-15(20)7-9-16/h2-9,14H,10-13H2,1H3,(H,21,23). The minimum absolute atomic E-state index is 0.138. The van der Waals surface area contributed by atoms with Gasteiger partial charge in [0.15, 0.2) is 9.84 Å². The summed E-state index contributed by atoms with van der Waals surface area (Å²) in [6.45, 7) is 0.276. The van der Waals surface area contributed by atoms with Crippen LogP contribution in [0.25, 0.3) is 0 Å². The number of piperidine rings is 1. The molecule has 10 heteroatoms. The molecule has 2 aromatic rings. The van der Waals surface area contributed by atoms with Crippen molar-refractivity contribution in [3.05, 3.63) is 53.6 Å². The maximum absolute atomic E-state index is 13.0. The molecule has 0 aromatic heterocycles. The number of carbonyl (C=O) groups is 1. The van der Waals surface area contributed by atoms with Crippen molar-refractivity contribution in [2.45, 2.75) is 22.6 Å². The molecule has 1 fully saturated rings. The van der Waals surface area contributed by atoms with Gasteiger partial charge in [0.2, 0.25) is 15.9 Å². The van der Waals surface area contributed by atoms with Crippen LogP contribution in [0.3, 0.4) is 0 Å². The SMILES string of the molecule is CS(=O)(=O)c1ccccc1S(=O)(=O)N1CCC(C(=O)Nc2ccc(Cl)cc2)CC1. The molecule has 1 amide bonds. The summed E-state index contributed by atoms with van der Waals surface area (Å²) in [7, 11) is -7.68. The highest BCUT2D eigenvalue weighted by Gasteiger charge is 2.34. The molecule has 1 aliphatic heterocycles. The molecule has 0 radical (unpaired) electrons. The van der Waals surface area contributed by atoms with E-state index in [1.807, 2.05) is 0 Å². The Morgan fingerprint density at radius 2 is 1.52 bits per heavy atom. The lowest BCUT2D eigenvalue weighted by molar-refractivity contribution is -0.120. The van der Waals surface area contributed by atoms with Crippen LogP contribution >= 0.6 is 11.6 Å². The molecule has 2 aromatic carbocycles. The summed E-state index contributed by atoms with van der Waals surface area (Å²) < 4.78 is 51.2. The van der Waals surface area contributed by atoms with Gasteiger partial charge in [0.05, 0.1) is 4.90 Å². The van der Waals surface area contributed by atoms with Crippen molar-refractivity contribution in [2.75, 3.05) is 24.7 Å². The predicted molar refractivity (Wildman–Crippen MR) is 111 cm³/mol. The Morgan fingerprint density at radius 3 is 2.07 bits per heavy atom. The number of halogens is 1. The predicted octanol–water partition coefficient (Wildman–Crippen LogP) is 2.78. The number of sulfonamides is 1. The number of nitrogens with one attached hydrogen (secondary N) is 1. The van der Waals surface area contributed by atoms with Gasteiger partial charge in [-0.3, -0.25) is 4.79 Å². The quantitative estimate of drug-likeness (QED) is 0.745. The van der Waals surface area contributed by atoms with Gasteiger partial charge < -0.3 is 5.32 Å². The second kappa shape index (κ2) is 8.43. The molecule has 0 saturated carbocycles. The average molecular weight is 457 g/mol. The molecule has 0 unspecified atom stereocenters. The lowest BCUT2D eigenvalue weighted by Crippen LogP contribution is -2.41. The van der Waals surface area contributed by atoms with Gasteiger partial charge in [-0.2, -0.15) is 4.31 Å². The fourth-order valence-corrected chi connectivity index (χ4v) is 6.44. The zero-order chi connectivity index (χ0) is 21.2. The van der Waals surface area contributed by atoms with E-state index < -0.39 is 19.9 Å². The van der Waals surface area contributed by atoms with Crippen LogP contribution in [0.15, 0.2) is 58.3 Å². The van der Waals surface area contributed by atoms with Gasteiger partial charge in [0.1, 0.15) is 4.90 Å². The lowest BCUT2D eigenvalue weighted by atomic mass is 9.97. The van der Waals surface area contributed by atoms with E-state index in [9.17, 15) is 21.6 Å². The van der Waals surface area contributed by atoms with E-state index in [2.05, 4.69) is 5.32 Å². The highest BCUT2D eigenvalue weighted by atomic mass is 35.5. The van der Waals surface area contributed by atoms with Crippen molar-refractivity contribution in [3.8, 4) is 0 Å². The van der Waals surface area contributed by atoms with E-state index in [4.69, 9.17) is 11.6 Å². The van der Waals surface area contributed by atoms with Crippen LogP contribution in [0, 0.1) is 5.92 Å². The van der Waals surface area contributed by atoms with Gasteiger partial charge in [0, 0.05) is 36.0 Å². The van der Waals surface area contributed by atoms with E-state index in [0.717, 1.165) is 6.26 Å². The highest BCUT2D eigenvalue weighted by molar-refractivity contribution is 7.93. The molecule has 1 saturated heterocycles. The molecular formula is C19H21ClN2O5S2. The molecule has 7 nitrogen and oxygen atoms in total. The fourth-order valence-electron chi connectivity index (χ4n) is 3.24. The Kier molecular flexibility index (Phi) is 6.33. The van der Waals surface area contributed by atoms with Crippen LogP contribution in [0.1, 0.15) is 12.8 Å². The first-order chi connectivity index (χ1) is 13.6. The molecule has 1 heterocycles. The van der Waals surface area contributed by atoms with Gasteiger partial charge in [-0.25, -0.2) is 16.8 Å². The first-order valence-corrected chi connectivity index (χ1v) is 12.7. The number of amides is 1. The second-order valence-electron chi connectivity index (χ2n) is 6.89. The van der Waals surface area contributed by atoms with Crippen LogP contribution in [0.5, 0.6) is 0 Å². The van der Waals surface area contributed by atoms with E-state index in [1.165, 1.54) is 28.6 Å². The summed E-state index contributed by atoms with van der Waals surface area (Å²) in [6, 6.07) is 12.3. The maximum atomic E-state index is 13.0. The number of anilines is 1. The minimum atomic E-state index is -3.98. The molecule has 1 N–H and O–H groups in total. The van der Waals surface area contributed by atoms with Crippen molar-refractivity contribution in [2.24, 2.45) is 5.92 Å². The molecule has 156 valence electrons. The van der Waals surface area contributed by atoms with Gasteiger partial charge in [0.25, 0.3) is 0 Å². The monoisotopic (exact) mass is 456 g/mol. The minimum Gasteiger partial charge on any atom is -0.326 e. The third kappa shape index (κ3) is 4.98. The topological polar surface area (TPSA) is 101 Å². The Morgan fingerprint density at radius 1 is 0.966 bits per heavy atom. The van der Waals surface area contributed by atoms with Crippen molar-refractivity contribution in [1.29, 1.82) is 0 Å². The number of benzene rings is 2. The summed E-state index contributed by atoms with van der Waals surface area (Å²) in [5.74, 6) is -0.511. The van der Waals surface area contributed by atoms with E-state index in [-0.39, 0.29) is 34.7 Å². The first-order valence-electron chi connectivity index (χ1n) is 8.95. The summed E-state index contributed by atoms with van der Waals surface area (Å²) in [6.07, 6.45) is 1.67. The third-order valence-corrected chi connectivity index (χ3v) is 8.30. The van der Waals surface area contributed by atoms with Crippen molar-refractivity contribution in [3.63, 3.8) is 0 Å². The Labute approximate surface area is 175 Å². The van der Waals surface area contributed by atoms with Crippen LogP contribution in [-0.2, 0) is 24.7 Å². The first kappa shape index (κ1) is 21.8. The Balaban J connectivity index is 1.70. The zero-order valence-corrected chi connectivity index (χ0v) is 18.1. The van der Waals surface area contributed by atoms with E-state index >= 15 is 0 Å². The van der Waals surface area contributed by atoms with Gasteiger partial charge in [-0.1, -0.05) is 23.7 Å². The van der Waals surface area contributed by atoms with Gasteiger partial charge >= 0.3 is 0 Å². The molecule has 0 bridgehead atoms. The fraction of sp³-hybridized carbons (Fsp3) is 0.316. The van der Waals surface area contributed by atoms with Gasteiger partial charge in [-0.15, -0.1) is 0 Å². The maximum Gasteiger partial charge on any atom is 0.244 e. The second-order valence-corrected chi connectivity index (χ2v) is 11.2. The van der Waals surface area contributed by atoms with Crippen LogP contribution in [0.2, 0.25) is 5.02 Å². The molecule has 0 atom stereocenters. The summed E-state index contributed by atoms with van der Waals surface area (Å²) in [5.41, 5.74) is 0.622. The molecule has 0 spiro atoms. The van der Waals surface area contributed by atoms with Crippen LogP contribution < -0.4 is 5.32 Å². The molecule has 3 rings (SSSR count). The number of sulfone groups is 1. The largest absolute Gasteiger partial charge is 0.326 e. The Hall–Kier alpha value is -1.94. The van der Waals surface area contributed by atoms with Crippen molar-refractivity contribution < 1.29 is 21.6 Å². The molecular weight excluding hydrogens is 436 g/mol. The Bertz CT molecular complexity index is 1110. The third-order valence-electron chi connectivity index (χ3n) is 4.80. The number of rotatable bonds is 5.